The topological polar surface area (TPSA) is 21.3 Å². The van der Waals surface area contributed by atoms with Crippen molar-refractivity contribution in [3.05, 3.63) is 29.8 Å². The Morgan fingerprint density at radius 3 is 2.61 bits per heavy atom. The molecule has 0 aliphatic heterocycles. The average molecular weight is 249 g/mol. The molecule has 1 aromatic rings. The van der Waals surface area contributed by atoms with Crippen LogP contribution in [-0.4, -0.2) is 19.7 Å². The molecule has 1 aromatic carbocycles. The minimum absolute atomic E-state index is 0.745. The fourth-order valence-corrected chi connectivity index (χ4v) is 1.82. The molecule has 0 saturated heterocycles. The Morgan fingerprint density at radius 2 is 1.89 bits per heavy atom. The lowest BCUT2D eigenvalue weighted by atomic mass is 10.2. The highest BCUT2D eigenvalue weighted by Crippen LogP contribution is 2.16. The molecule has 0 fully saturated rings. The maximum absolute atomic E-state index is 5.76. The molecule has 0 radical (unpaired) electrons. The molecule has 0 spiro atoms. The molecule has 0 amide bonds. The molecule has 0 aliphatic carbocycles. The van der Waals surface area contributed by atoms with Crippen LogP contribution in [0.2, 0.25) is 0 Å². The molecule has 0 aliphatic rings. The zero-order valence-corrected chi connectivity index (χ0v) is 12.0. The van der Waals surface area contributed by atoms with Gasteiger partial charge in [-0.15, -0.1) is 0 Å². The van der Waals surface area contributed by atoms with Crippen molar-refractivity contribution in [3.8, 4) is 5.75 Å². The fourth-order valence-electron chi connectivity index (χ4n) is 1.82. The largest absolute Gasteiger partial charge is 0.493 e. The molecule has 0 saturated carbocycles. The van der Waals surface area contributed by atoms with E-state index in [9.17, 15) is 0 Å². The van der Waals surface area contributed by atoms with Gasteiger partial charge in [-0.3, -0.25) is 0 Å². The quantitative estimate of drug-likeness (QED) is 0.672. The Bertz CT molecular complexity index is 323. The van der Waals surface area contributed by atoms with Crippen LogP contribution in [0.1, 0.15) is 38.7 Å². The number of aryl methyl sites for hydroxylation is 1. The Hall–Kier alpha value is -1.02. The van der Waals surface area contributed by atoms with Gasteiger partial charge in [0.05, 0.1) is 6.61 Å². The van der Waals surface area contributed by atoms with E-state index in [2.05, 4.69) is 32.2 Å². The van der Waals surface area contributed by atoms with Crippen molar-refractivity contribution < 1.29 is 4.74 Å². The predicted molar refractivity (Wildman–Crippen MR) is 78.2 cm³/mol. The summed E-state index contributed by atoms with van der Waals surface area (Å²) < 4.78 is 5.76. The number of hydrogen-bond acceptors (Lipinski definition) is 2. The van der Waals surface area contributed by atoms with E-state index < -0.39 is 0 Å². The standard InChI is InChI=1S/C16H27NO/c1-14(2)13-17-11-7-4-8-12-18-16-10-6-5-9-15(16)3/h5-6,9-10,14,17H,4,7-8,11-13H2,1-3H3. The van der Waals surface area contributed by atoms with Gasteiger partial charge in [0.1, 0.15) is 5.75 Å². The lowest BCUT2D eigenvalue weighted by Crippen LogP contribution is -2.20. The maximum Gasteiger partial charge on any atom is 0.122 e. The average Bonchev–Trinajstić information content (AvgIpc) is 2.34. The van der Waals surface area contributed by atoms with E-state index in [0.717, 1.165) is 37.8 Å². The molecule has 1 N–H and O–H groups in total. The van der Waals surface area contributed by atoms with Crippen molar-refractivity contribution in [1.29, 1.82) is 0 Å². The normalized spacial score (nSPS) is 10.9. The Kier molecular flexibility index (Phi) is 7.51. The lowest BCUT2D eigenvalue weighted by molar-refractivity contribution is 0.303. The number of rotatable bonds is 9. The van der Waals surface area contributed by atoms with Crippen LogP contribution in [0.25, 0.3) is 0 Å². The first-order valence-electron chi connectivity index (χ1n) is 7.09. The van der Waals surface area contributed by atoms with Gasteiger partial charge < -0.3 is 10.1 Å². The summed E-state index contributed by atoms with van der Waals surface area (Å²) in [6.45, 7) is 9.65. The van der Waals surface area contributed by atoms with Gasteiger partial charge in [0, 0.05) is 0 Å². The first-order valence-corrected chi connectivity index (χ1v) is 7.09. The Labute approximate surface area is 112 Å². The second-order valence-corrected chi connectivity index (χ2v) is 5.27. The lowest BCUT2D eigenvalue weighted by Gasteiger charge is -2.09. The maximum atomic E-state index is 5.76. The van der Waals surface area contributed by atoms with Crippen molar-refractivity contribution in [3.63, 3.8) is 0 Å². The van der Waals surface area contributed by atoms with E-state index in [1.54, 1.807) is 0 Å². The van der Waals surface area contributed by atoms with Gasteiger partial charge >= 0.3 is 0 Å². The zero-order valence-electron chi connectivity index (χ0n) is 12.0. The molecular weight excluding hydrogens is 222 g/mol. The molecule has 0 unspecified atom stereocenters. The first kappa shape index (κ1) is 15.0. The molecule has 2 nitrogen and oxygen atoms in total. The van der Waals surface area contributed by atoms with Crippen LogP contribution in [0, 0.1) is 12.8 Å². The van der Waals surface area contributed by atoms with E-state index in [-0.39, 0.29) is 0 Å². The minimum atomic E-state index is 0.745. The van der Waals surface area contributed by atoms with Crippen molar-refractivity contribution in [2.45, 2.75) is 40.0 Å². The number of nitrogens with one attached hydrogen (secondary N) is 1. The molecule has 18 heavy (non-hydrogen) atoms. The summed E-state index contributed by atoms with van der Waals surface area (Å²) in [5, 5.41) is 3.46. The Morgan fingerprint density at radius 1 is 1.11 bits per heavy atom. The molecular formula is C16H27NO. The fraction of sp³-hybridized carbons (Fsp3) is 0.625. The number of benzene rings is 1. The minimum Gasteiger partial charge on any atom is -0.493 e. The van der Waals surface area contributed by atoms with Crippen molar-refractivity contribution >= 4 is 0 Å². The van der Waals surface area contributed by atoms with Gasteiger partial charge in [-0.05, 0) is 56.8 Å². The van der Waals surface area contributed by atoms with E-state index in [1.165, 1.54) is 18.4 Å². The van der Waals surface area contributed by atoms with Crippen LogP contribution in [0.4, 0.5) is 0 Å². The summed E-state index contributed by atoms with van der Waals surface area (Å²) in [4.78, 5) is 0. The van der Waals surface area contributed by atoms with Gasteiger partial charge in [-0.1, -0.05) is 32.0 Å². The van der Waals surface area contributed by atoms with Crippen molar-refractivity contribution in [2.75, 3.05) is 19.7 Å². The van der Waals surface area contributed by atoms with Crippen molar-refractivity contribution in [2.24, 2.45) is 5.92 Å². The van der Waals surface area contributed by atoms with Crippen LogP contribution in [-0.2, 0) is 0 Å². The molecule has 0 aromatic heterocycles. The number of para-hydroxylation sites is 1. The zero-order chi connectivity index (χ0) is 13.2. The summed E-state index contributed by atoms with van der Waals surface area (Å²) in [6.07, 6.45) is 3.61. The highest BCUT2D eigenvalue weighted by atomic mass is 16.5. The second-order valence-electron chi connectivity index (χ2n) is 5.27. The number of ether oxygens (including phenoxy) is 1. The molecule has 0 atom stereocenters. The number of hydrogen-bond donors (Lipinski definition) is 1. The molecule has 0 bridgehead atoms. The summed E-state index contributed by atoms with van der Waals surface area (Å²) in [7, 11) is 0. The molecule has 2 heteroatoms. The molecule has 102 valence electrons. The van der Waals surface area contributed by atoms with Crippen molar-refractivity contribution in [1.82, 2.24) is 5.32 Å². The van der Waals surface area contributed by atoms with Crippen LogP contribution < -0.4 is 10.1 Å². The van der Waals surface area contributed by atoms with Crippen LogP contribution in [0.3, 0.4) is 0 Å². The van der Waals surface area contributed by atoms with E-state index in [4.69, 9.17) is 4.74 Å². The first-order chi connectivity index (χ1) is 8.70. The van der Waals surface area contributed by atoms with Gasteiger partial charge in [0.25, 0.3) is 0 Å². The van der Waals surface area contributed by atoms with E-state index in [0.29, 0.717) is 0 Å². The van der Waals surface area contributed by atoms with Gasteiger partial charge in [0.15, 0.2) is 0 Å². The highest BCUT2D eigenvalue weighted by Gasteiger charge is 1.97. The summed E-state index contributed by atoms with van der Waals surface area (Å²) in [5.41, 5.74) is 1.22. The Balaban J connectivity index is 1.98. The van der Waals surface area contributed by atoms with Gasteiger partial charge in [-0.2, -0.15) is 0 Å². The second kappa shape index (κ2) is 8.98. The SMILES string of the molecule is Cc1ccccc1OCCCCCNCC(C)C. The highest BCUT2D eigenvalue weighted by molar-refractivity contribution is 5.31. The summed E-state index contributed by atoms with van der Waals surface area (Å²) in [6, 6.07) is 8.20. The van der Waals surface area contributed by atoms with E-state index in [1.807, 2.05) is 18.2 Å². The number of unbranched alkanes of at least 4 members (excludes halogenated alkanes) is 2. The summed E-state index contributed by atoms with van der Waals surface area (Å²) in [5.74, 6) is 1.77. The van der Waals surface area contributed by atoms with E-state index >= 15 is 0 Å². The molecule has 0 heterocycles. The third-order valence-corrected chi connectivity index (χ3v) is 2.90. The molecule has 1 rings (SSSR count). The summed E-state index contributed by atoms with van der Waals surface area (Å²) >= 11 is 0. The van der Waals surface area contributed by atoms with Crippen LogP contribution in [0.15, 0.2) is 24.3 Å². The monoisotopic (exact) mass is 249 g/mol. The third-order valence-electron chi connectivity index (χ3n) is 2.90. The van der Waals surface area contributed by atoms with Crippen LogP contribution >= 0.6 is 0 Å². The smallest absolute Gasteiger partial charge is 0.122 e. The predicted octanol–water partition coefficient (Wildman–Crippen LogP) is 3.79. The van der Waals surface area contributed by atoms with Gasteiger partial charge in [0.2, 0.25) is 0 Å². The van der Waals surface area contributed by atoms with Gasteiger partial charge in [-0.25, -0.2) is 0 Å². The van der Waals surface area contributed by atoms with Crippen LogP contribution in [0.5, 0.6) is 5.75 Å². The third kappa shape index (κ3) is 6.65.